The van der Waals surface area contributed by atoms with Crippen molar-refractivity contribution in [1.82, 2.24) is 4.90 Å². The smallest absolute Gasteiger partial charge is 0.242 e. The van der Waals surface area contributed by atoms with Crippen LogP contribution in [-0.4, -0.2) is 40.8 Å². The molecule has 1 saturated heterocycles. The Morgan fingerprint density at radius 1 is 1.25 bits per heavy atom. The third-order valence-corrected chi connectivity index (χ3v) is 5.50. The molecule has 1 atom stereocenters. The third kappa shape index (κ3) is 4.85. The van der Waals surface area contributed by atoms with Gasteiger partial charge in [0.25, 0.3) is 0 Å². The van der Waals surface area contributed by atoms with E-state index in [1.54, 1.807) is 43.4 Å². The fourth-order valence-corrected chi connectivity index (χ4v) is 3.92. The average Bonchev–Trinajstić information content (AvgIpc) is 2.93. The number of amides is 2. The number of halogens is 1. The number of nitrogens with zero attached hydrogens (tertiary/aromatic N) is 2. The van der Waals surface area contributed by atoms with Crippen molar-refractivity contribution in [3.8, 4) is 5.75 Å². The molecule has 1 aliphatic heterocycles. The molecule has 0 bridgehead atoms. The molecule has 1 N–H and O–H groups in total. The monoisotopic (exact) mass is 417 g/mol. The van der Waals surface area contributed by atoms with Crippen LogP contribution in [0.5, 0.6) is 5.75 Å². The zero-order valence-electron chi connectivity index (χ0n) is 15.5. The Bertz CT molecular complexity index is 902. The summed E-state index contributed by atoms with van der Waals surface area (Å²) in [5.74, 6) is 0.205. The highest BCUT2D eigenvalue weighted by molar-refractivity contribution is 8.15. The van der Waals surface area contributed by atoms with Crippen LogP contribution in [0, 0.1) is 0 Å². The Labute approximate surface area is 172 Å². The number of nitrogens with one attached hydrogen (secondary N) is 1. The maximum Gasteiger partial charge on any atom is 0.242 e. The largest absolute Gasteiger partial charge is 0.492 e. The van der Waals surface area contributed by atoms with Crippen LogP contribution in [0.25, 0.3) is 0 Å². The van der Waals surface area contributed by atoms with Crippen LogP contribution in [0.4, 0.5) is 11.4 Å². The lowest BCUT2D eigenvalue weighted by atomic mass is 10.2. The Hall–Kier alpha value is -2.51. The molecule has 0 unspecified atom stereocenters. The normalized spacial score (nSPS) is 17.8. The molecular formula is C20H20ClN3O3S. The summed E-state index contributed by atoms with van der Waals surface area (Å²) in [6, 6.07) is 14.2. The molecule has 6 nitrogen and oxygen atoms in total. The molecule has 2 aromatic rings. The second kappa shape index (κ2) is 9.12. The molecule has 1 fully saturated rings. The van der Waals surface area contributed by atoms with Gasteiger partial charge in [-0.3, -0.25) is 14.5 Å². The predicted molar refractivity (Wildman–Crippen MR) is 114 cm³/mol. The van der Waals surface area contributed by atoms with E-state index in [0.29, 0.717) is 33.9 Å². The first-order valence-electron chi connectivity index (χ1n) is 8.78. The summed E-state index contributed by atoms with van der Waals surface area (Å²) in [6.07, 6.45) is 0.0495. The van der Waals surface area contributed by atoms with E-state index in [9.17, 15) is 9.59 Å². The first-order valence-corrected chi connectivity index (χ1v) is 10.0. The summed E-state index contributed by atoms with van der Waals surface area (Å²) in [7, 11) is 1.66. The minimum atomic E-state index is -0.518. The summed E-state index contributed by atoms with van der Waals surface area (Å²) in [5, 5.41) is 3.48. The fraction of sp³-hybridized carbons (Fsp3) is 0.250. The number of ether oxygens (including phenoxy) is 1. The molecule has 28 heavy (non-hydrogen) atoms. The maximum absolute atomic E-state index is 12.5. The van der Waals surface area contributed by atoms with Crippen molar-refractivity contribution in [2.75, 3.05) is 19.0 Å². The van der Waals surface area contributed by atoms with Gasteiger partial charge in [0.15, 0.2) is 5.17 Å². The lowest BCUT2D eigenvalue weighted by Gasteiger charge is -2.12. The molecule has 0 saturated carbocycles. The minimum Gasteiger partial charge on any atom is -0.492 e. The van der Waals surface area contributed by atoms with Crippen molar-refractivity contribution < 1.29 is 14.3 Å². The van der Waals surface area contributed by atoms with E-state index in [-0.39, 0.29) is 18.2 Å². The molecule has 146 valence electrons. The zero-order chi connectivity index (χ0) is 20.1. The van der Waals surface area contributed by atoms with Crippen LogP contribution in [0.15, 0.2) is 53.5 Å². The van der Waals surface area contributed by atoms with Gasteiger partial charge in [-0.25, -0.2) is 4.99 Å². The first kappa shape index (κ1) is 20.2. The molecule has 1 aliphatic rings. The third-order valence-electron chi connectivity index (χ3n) is 4.02. The number of carbonyl (C=O) groups excluding carboxylic acids is 2. The molecule has 2 amide bonds. The lowest BCUT2D eigenvalue weighted by molar-refractivity contribution is -0.127. The molecule has 3 rings (SSSR count). The summed E-state index contributed by atoms with van der Waals surface area (Å²) < 4.78 is 5.51. The van der Waals surface area contributed by atoms with Gasteiger partial charge in [-0.05, 0) is 43.3 Å². The molecule has 1 heterocycles. The van der Waals surface area contributed by atoms with E-state index in [1.165, 1.54) is 16.7 Å². The second-order valence-corrected chi connectivity index (χ2v) is 7.66. The molecule has 0 aliphatic carbocycles. The summed E-state index contributed by atoms with van der Waals surface area (Å²) in [5.41, 5.74) is 1.29. The number of anilines is 1. The van der Waals surface area contributed by atoms with Gasteiger partial charge >= 0.3 is 0 Å². The van der Waals surface area contributed by atoms with Crippen molar-refractivity contribution >= 4 is 51.7 Å². The Morgan fingerprint density at radius 3 is 2.68 bits per heavy atom. The molecule has 0 aromatic heterocycles. The predicted octanol–water partition coefficient (Wildman–Crippen LogP) is 4.33. The quantitative estimate of drug-likeness (QED) is 0.759. The van der Waals surface area contributed by atoms with Gasteiger partial charge in [0, 0.05) is 18.5 Å². The van der Waals surface area contributed by atoms with Gasteiger partial charge in [0.2, 0.25) is 11.8 Å². The summed E-state index contributed by atoms with van der Waals surface area (Å²) in [4.78, 5) is 31.0. The number of carbonyl (C=O) groups is 2. The lowest BCUT2D eigenvalue weighted by Crippen LogP contribution is -2.30. The fourth-order valence-electron chi connectivity index (χ4n) is 2.64. The summed E-state index contributed by atoms with van der Waals surface area (Å²) in [6.45, 7) is 2.38. The van der Waals surface area contributed by atoms with Crippen LogP contribution in [0.1, 0.15) is 13.3 Å². The average molecular weight is 418 g/mol. The van der Waals surface area contributed by atoms with E-state index in [1.807, 2.05) is 19.1 Å². The molecule has 2 aromatic carbocycles. The van der Waals surface area contributed by atoms with Gasteiger partial charge in [-0.1, -0.05) is 35.5 Å². The number of para-hydroxylation sites is 2. The first-order chi connectivity index (χ1) is 13.5. The number of hydrogen-bond acceptors (Lipinski definition) is 5. The standard InChI is InChI=1S/C20H20ClN3O3S/c1-3-27-16-7-5-4-6-15(16)23-18(25)12-17-19(26)24(2)20(28-17)22-14-10-8-13(21)9-11-14/h4-11,17H,3,12H2,1-2H3,(H,23,25)/t17-/m0/s1. The van der Waals surface area contributed by atoms with E-state index in [2.05, 4.69) is 10.3 Å². The molecule has 8 heteroatoms. The van der Waals surface area contributed by atoms with Crippen molar-refractivity contribution in [2.24, 2.45) is 4.99 Å². The number of rotatable bonds is 6. The van der Waals surface area contributed by atoms with E-state index in [4.69, 9.17) is 16.3 Å². The van der Waals surface area contributed by atoms with Gasteiger partial charge in [0.05, 0.1) is 18.0 Å². The van der Waals surface area contributed by atoms with Crippen molar-refractivity contribution in [1.29, 1.82) is 0 Å². The highest BCUT2D eigenvalue weighted by Gasteiger charge is 2.37. The van der Waals surface area contributed by atoms with Crippen LogP contribution in [-0.2, 0) is 9.59 Å². The number of thioether (sulfide) groups is 1. The summed E-state index contributed by atoms with van der Waals surface area (Å²) >= 11 is 7.17. The van der Waals surface area contributed by atoms with E-state index in [0.717, 1.165) is 0 Å². The SMILES string of the molecule is CCOc1ccccc1NC(=O)C[C@@H]1SC(=Nc2ccc(Cl)cc2)N(C)C1=O. The number of hydrogen-bond donors (Lipinski definition) is 1. The maximum atomic E-state index is 12.5. The Balaban J connectivity index is 1.67. The minimum absolute atomic E-state index is 0.0495. The van der Waals surface area contributed by atoms with Crippen LogP contribution < -0.4 is 10.1 Å². The highest BCUT2D eigenvalue weighted by atomic mass is 35.5. The Morgan fingerprint density at radius 2 is 1.96 bits per heavy atom. The van der Waals surface area contributed by atoms with E-state index >= 15 is 0 Å². The van der Waals surface area contributed by atoms with Crippen molar-refractivity contribution in [2.45, 2.75) is 18.6 Å². The zero-order valence-corrected chi connectivity index (χ0v) is 17.1. The number of amidine groups is 1. The highest BCUT2D eigenvalue weighted by Crippen LogP contribution is 2.31. The van der Waals surface area contributed by atoms with Crippen molar-refractivity contribution in [3.05, 3.63) is 53.6 Å². The van der Waals surface area contributed by atoms with Gasteiger partial charge in [-0.15, -0.1) is 0 Å². The van der Waals surface area contributed by atoms with Crippen LogP contribution in [0.3, 0.4) is 0 Å². The van der Waals surface area contributed by atoms with Crippen LogP contribution >= 0.6 is 23.4 Å². The molecular weight excluding hydrogens is 398 g/mol. The molecule has 0 spiro atoms. The van der Waals surface area contributed by atoms with Gasteiger partial charge in [-0.2, -0.15) is 0 Å². The topological polar surface area (TPSA) is 71.0 Å². The van der Waals surface area contributed by atoms with E-state index < -0.39 is 5.25 Å². The molecule has 0 radical (unpaired) electrons. The number of benzene rings is 2. The van der Waals surface area contributed by atoms with Crippen LogP contribution in [0.2, 0.25) is 5.02 Å². The van der Waals surface area contributed by atoms with Gasteiger partial charge < -0.3 is 10.1 Å². The van der Waals surface area contributed by atoms with Gasteiger partial charge in [0.1, 0.15) is 11.0 Å². The van der Waals surface area contributed by atoms with Crippen molar-refractivity contribution in [3.63, 3.8) is 0 Å². The number of aliphatic imine (C=N–C) groups is 1. The Kier molecular flexibility index (Phi) is 6.59. The second-order valence-electron chi connectivity index (χ2n) is 6.06.